The van der Waals surface area contributed by atoms with Crippen molar-refractivity contribution in [2.75, 3.05) is 16.8 Å². The van der Waals surface area contributed by atoms with Crippen molar-refractivity contribution in [2.24, 2.45) is 5.92 Å². The zero-order chi connectivity index (χ0) is 18.7. The zero-order valence-corrected chi connectivity index (χ0v) is 15.0. The Balaban J connectivity index is 1.73. The number of benzene rings is 2. The average Bonchev–Trinajstić information content (AvgIpc) is 3.03. The van der Waals surface area contributed by atoms with Crippen LogP contribution in [0.3, 0.4) is 0 Å². The molecule has 1 heterocycles. The molecule has 2 amide bonds. The second-order valence-electron chi connectivity index (χ2n) is 6.51. The third kappa shape index (κ3) is 3.67. The molecule has 0 radical (unpaired) electrons. The molecule has 5 nitrogen and oxygen atoms in total. The van der Waals surface area contributed by atoms with Gasteiger partial charge in [-0.25, -0.2) is 0 Å². The first-order valence-electron chi connectivity index (χ1n) is 8.79. The van der Waals surface area contributed by atoms with Gasteiger partial charge in [0, 0.05) is 29.9 Å². The summed E-state index contributed by atoms with van der Waals surface area (Å²) in [5.41, 5.74) is 3.09. The summed E-state index contributed by atoms with van der Waals surface area (Å²) < 4.78 is 0. The molecule has 1 aliphatic heterocycles. The fourth-order valence-electron chi connectivity index (χ4n) is 3.25. The minimum atomic E-state index is -0.409. The van der Waals surface area contributed by atoms with Gasteiger partial charge >= 0.3 is 0 Å². The van der Waals surface area contributed by atoms with Crippen molar-refractivity contribution in [3.63, 3.8) is 0 Å². The quantitative estimate of drug-likeness (QED) is 0.840. The van der Waals surface area contributed by atoms with Gasteiger partial charge < -0.3 is 10.2 Å². The summed E-state index contributed by atoms with van der Waals surface area (Å²) in [5, 5.41) is 2.83. The van der Waals surface area contributed by atoms with E-state index in [2.05, 4.69) is 5.32 Å². The van der Waals surface area contributed by atoms with Crippen LogP contribution < -0.4 is 10.2 Å². The highest BCUT2D eigenvalue weighted by Gasteiger charge is 2.35. The lowest BCUT2D eigenvalue weighted by Crippen LogP contribution is -2.28. The number of Topliss-reactive ketones (excluding diaryl/α,β-unsaturated/α-hetero) is 1. The van der Waals surface area contributed by atoms with Crippen LogP contribution >= 0.6 is 0 Å². The van der Waals surface area contributed by atoms with Crippen LogP contribution in [-0.2, 0) is 16.0 Å². The van der Waals surface area contributed by atoms with Crippen LogP contribution in [-0.4, -0.2) is 24.1 Å². The van der Waals surface area contributed by atoms with Gasteiger partial charge in [-0.05, 0) is 37.1 Å². The van der Waals surface area contributed by atoms with Crippen molar-refractivity contribution in [2.45, 2.75) is 26.7 Å². The fourth-order valence-corrected chi connectivity index (χ4v) is 3.25. The number of para-hydroxylation sites is 1. The van der Waals surface area contributed by atoms with Crippen LogP contribution in [0.4, 0.5) is 11.4 Å². The number of hydrogen-bond donors (Lipinski definition) is 1. The molecule has 1 aliphatic rings. The minimum absolute atomic E-state index is 0.0384. The van der Waals surface area contributed by atoms with E-state index in [4.69, 9.17) is 0 Å². The summed E-state index contributed by atoms with van der Waals surface area (Å²) in [5.74, 6) is -0.702. The van der Waals surface area contributed by atoms with Gasteiger partial charge in [-0.2, -0.15) is 0 Å². The molecule has 0 saturated carbocycles. The first kappa shape index (κ1) is 17.9. The maximum Gasteiger partial charge on any atom is 0.229 e. The van der Waals surface area contributed by atoms with E-state index < -0.39 is 5.92 Å². The first-order chi connectivity index (χ1) is 12.5. The van der Waals surface area contributed by atoms with E-state index in [0.717, 1.165) is 17.7 Å². The van der Waals surface area contributed by atoms with Gasteiger partial charge in [0.2, 0.25) is 11.8 Å². The monoisotopic (exact) mass is 350 g/mol. The van der Waals surface area contributed by atoms with Gasteiger partial charge in [0.05, 0.1) is 5.92 Å². The first-order valence-corrected chi connectivity index (χ1v) is 8.79. The summed E-state index contributed by atoms with van der Waals surface area (Å²) in [6.07, 6.45) is 1.02. The van der Waals surface area contributed by atoms with Gasteiger partial charge in [-0.1, -0.05) is 37.3 Å². The van der Waals surface area contributed by atoms with Gasteiger partial charge in [0.1, 0.15) is 0 Å². The number of anilines is 2. The summed E-state index contributed by atoms with van der Waals surface area (Å²) in [6.45, 7) is 3.90. The second kappa shape index (κ2) is 7.52. The topological polar surface area (TPSA) is 66.5 Å². The molecule has 134 valence electrons. The minimum Gasteiger partial charge on any atom is -0.326 e. The van der Waals surface area contributed by atoms with E-state index in [1.54, 1.807) is 29.2 Å². The Morgan fingerprint density at radius 2 is 1.92 bits per heavy atom. The number of aryl methyl sites for hydroxylation is 1. The standard InChI is InChI=1S/C21H22N2O3/c1-3-15-7-4-5-10-19(15)23-13-17(12-20(23)25)21(26)22-18-9-6-8-16(11-18)14(2)24/h4-11,17H,3,12-13H2,1-2H3,(H,22,26)/t17-/m1/s1. The fraction of sp³-hybridized carbons (Fsp3) is 0.286. The Hall–Kier alpha value is -2.95. The van der Waals surface area contributed by atoms with E-state index in [-0.39, 0.29) is 24.0 Å². The lowest BCUT2D eigenvalue weighted by Gasteiger charge is -2.20. The van der Waals surface area contributed by atoms with Crippen LogP contribution in [0.2, 0.25) is 0 Å². The number of carbonyl (C=O) groups is 3. The van der Waals surface area contributed by atoms with Crippen LogP contribution in [0.25, 0.3) is 0 Å². The molecule has 3 rings (SSSR count). The van der Waals surface area contributed by atoms with Crippen LogP contribution in [0.15, 0.2) is 48.5 Å². The molecular weight excluding hydrogens is 328 g/mol. The van der Waals surface area contributed by atoms with Gasteiger partial charge in [-0.15, -0.1) is 0 Å². The maximum absolute atomic E-state index is 12.6. The number of hydrogen-bond acceptors (Lipinski definition) is 3. The van der Waals surface area contributed by atoms with E-state index >= 15 is 0 Å². The molecule has 1 N–H and O–H groups in total. The van der Waals surface area contributed by atoms with Gasteiger partial charge in [0.15, 0.2) is 5.78 Å². The number of carbonyl (C=O) groups excluding carboxylic acids is 3. The molecule has 5 heteroatoms. The molecule has 0 bridgehead atoms. The van der Waals surface area contributed by atoms with Crippen LogP contribution in [0.5, 0.6) is 0 Å². The summed E-state index contributed by atoms with van der Waals surface area (Å²) in [4.78, 5) is 38.2. The van der Waals surface area contributed by atoms with Crippen molar-refractivity contribution >= 4 is 29.0 Å². The Kier molecular flexibility index (Phi) is 5.16. The second-order valence-corrected chi connectivity index (χ2v) is 6.51. The number of rotatable bonds is 5. The third-order valence-electron chi connectivity index (χ3n) is 4.70. The maximum atomic E-state index is 12.6. The molecule has 1 atom stereocenters. The van der Waals surface area contributed by atoms with E-state index in [0.29, 0.717) is 17.8 Å². The molecule has 2 aromatic rings. The van der Waals surface area contributed by atoms with E-state index in [1.165, 1.54) is 6.92 Å². The molecule has 0 aromatic heterocycles. The molecular formula is C21H22N2O3. The summed E-state index contributed by atoms with van der Waals surface area (Å²) in [7, 11) is 0. The highest BCUT2D eigenvalue weighted by atomic mass is 16.2. The zero-order valence-electron chi connectivity index (χ0n) is 15.0. The smallest absolute Gasteiger partial charge is 0.229 e. The molecule has 1 fully saturated rings. The third-order valence-corrected chi connectivity index (χ3v) is 4.70. The van der Waals surface area contributed by atoms with Crippen LogP contribution in [0, 0.1) is 5.92 Å². The van der Waals surface area contributed by atoms with Crippen molar-refractivity contribution in [1.29, 1.82) is 0 Å². The Labute approximate surface area is 153 Å². The predicted octanol–water partition coefficient (Wildman–Crippen LogP) is 3.44. The molecule has 0 unspecified atom stereocenters. The van der Waals surface area contributed by atoms with Crippen molar-refractivity contribution in [3.05, 3.63) is 59.7 Å². The molecule has 1 saturated heterocycles. The number of nitrogens with zero attached hydrogens (tertiary/aromatic N) is 1. The van der Waals surface area contributed by atoms with E-state index in [9.17, 15) is 14.4 Å². The van der Waals surface area contributed by atoms with Gasteiger partial charge in [-0.3, -0.25) is 14.4 Å². The van der Waals surface area contributed by atoms with Crippen LogP contribution in [0.1, 0.15) is 36.2 Å². The lowest BCUT2D eigenvalue weighted by atomic mass is 10.1. The molecule has 0 aliphatic carbocycles. The molecule has 2 aromatic carbocycles. The molecule has 26 heavy (non-hydrogen) atoms. The number of amides is 2. The Morgan fingerprint density at radius 3 is 2.65 bits per heavy atom. The van der Waals surface area contributed by atoms with Crippen molar-refractivity contribution < 1.29 is 14.4 Å². The largest absolute Gasteiger partial charge is 0.326 e. The highest BCUT2D eigenvalue weighted by molar-refractivity contribution is 6.04. The average molecular weight is 350 g/mol. The molecule has 0 spiro atoms. The number of ketones is 1. The van der Waals surface area contributed by atoms with E-state index in [1.807, 2.05) is 31.2 Å². The SMILES string of the molecule is CCc1ccccc1N1C[C@H](C(=O)Nc2cccc(C(C)=O)c2)CC1=O. The highest BCUT2D eigenvalue weighted by Crippen LogP contribution is 2.29. The normalized spacial score (nSPS) is 16.6. The Morgan fingerprint density at radius 1 is 1.15 bits per heavy atom. The lowest BCUT2D eigenvalue weighted by molar-refractivity contribution is -0.122. The number of nitrogens with one attached hydrogen (secondary N) is 1. The van der Waals surface area contributed by atoms with Gasteiger partial charge in [0.25, 0.3) is 0 Å². The Bertz CT molecular complexity index is 860. The van der Waals surface area contributed by atoms with Crippen molar-refractivity contribution in [3.8, 4) is 0 Å². The summed E-state index contributed by atoms with van der Waals surface area (Å²) in [6, 6.07) is 14.6. The van der Waals surface area contributed by atoms with Crippen molar-refractivity contribution in [1.82, 2.24) is 0 Å². The predicted molar refractivity (Wildman–Crippen MR) is 101 cm³/mol. The summed E-state index contributed by atoms with van der Waals surface area (Å²) >= 11 is 0.